The molecule has 7 nitrogen and oxygen atoms in total. The Bertz CT molecular complexity index is 827. The average Bonchev–Trinajstić information content (AvgIpc) is 3.07. The summed E-state index contributed by atoms with van der Waals surface area (Å²) in [6, 6.07) is -0.400. The number of terminal acetylenes is 1. The number of alkyl halides is 4. The zero-order valence-electron chi connectivity index (χ0n) is 14.1. The molecule has 144 valence electrons. The second-order valence-corrected chi connectivity index (χ2v) is 5.92. The number of piperidine rings is 1. The van der Waals surface area contributed by atoms with E-state index in [2.05, 4.69) is 36.9 Å². The third-order valence-electron chi connectivity index (χ3n) is 4.02. The average molecular weight is 383 g/mol. The summed E-state index contributed by atoms with van der Waals surface area (Å²) >= 11 is 0. The Labute approximate surface area is 152 Å². The summed E-state index contributed by atoms with van der Waals surface area (Å²) in [6.07, 6.45) is 3.64. The van der Waals surface area contributed by atoms with Gasteiger partial charge in [-0.1, -0.05) is 5.92 Å². The second kappa shape index (κ2) is 7.79. The van der Waals surface area contributed by atoms with Crippen LogP contribution in [0, 0.1) is 12.3 Å². The normalized spacial score (nSPS) is 20.1. The van der Waals surface area contributed by atoms with Crippen LogP contribution < -0.4 is 16.0 Å². The van der Waals surface area contributed by atoms with Crippen molar-refractivity contribution in [3.05, 3.63) is 24.2 Å². The molecular formula is C16H17F4N7. The van der Waals surface area contributed by atoms with Gasteiger partial charge in [-0.2, -0.15) is 23.3 Å². The fourth-order valence-electron chi connectivity index (χ4n) is 2.74. The van der Waals surface area contributed by atoms with Crippen LogP contribution >= 0.6 is 0 Å². The molecule has 1 aliphatic rings. The highest BCUT2D eigenvalue weighted by molar-refractivity contribution is 5.55. The molecule has 3 heterocycles. The van der Waals surface area contributed by atoms with Crippen LogP contribution in [0.25, 0.3) is 0 Å². The minimum atomic E-state index is -4.62. The number of hydrogen-bond acceptors (Lipinski definition) is 6. The van der Waals surface area contributed by atoms with Gasteiger partial charge in [-0.15, -0.1) is 6.42 Å². The Balaban J connectivity index is 1.78. The molecule has 1 saturated heterocycles. The molecule has 0 unspecified atom stereocenters. The minimum absolute atomic E-state index is 0.0656. The number of halogens is 4. The second-order valence-electron chi connectivity index (χ2n) is 5.92. The maximum absolute atomic E-state index is 14.0. The predicted octanol–water partition coefficient (Wildman–Crippen LogP) is 2.35. The Morgan fingerprint density at radius 1 is 1.37 bits per heavy atom. The van der Waals surface area contributed by atoms with Crippen molar-refractivity contribution in [3.8, 4) is 12.3 Å². The summed E-state index contributed by atoms with van der Waals surface area (Å²) in [5, 5.41) is 12.3. The number of nitrogens with zero attached hydrogens (tertiary/aromatic N) is 4. The van der Waals surface area contributed by atoms with E-state index in [-0.39, 0.29) is 19.0 Å². The van der Waals surface area contributed by atoms with Crippen LogP contribution in [0.5, 0.6) is 0 Å². The summed E-state index contributed by atoms with van der Waals surface area (Å²) in [6.45, 7) is 0.810. The van der Waals surface area contributed by atoms with Crippen molar-refractivity contribution >= 4 is 17.5 Å². The van der Waals surface area contributed by atoms with Crippen LogP contribution in [0.3, 0.4) is 0 Å². The van der Waals surface area contributed by atoms with Gasteiger partial charge in [0.05, 0.1) is 24.5 Å². The lowest BCUT2D eigenvalue weighted by atomic mass is 10.1. The van der Waals surface area contributed by atoms with E-state index in [0.29, 0.717) is 24.8 Å². The third kappa shape index (κ3) is 4.46. The van der Waals surface area contributed by atoms with Crippen molar-refractivity contribution in [1.29, 1.82) is 0 Å². The summed E-state index contributed by atoms with van der Waals surface area (Å²) in [7, 11) is 0. The van der Waals surface area contributed by atoms with Gasteiger partial charge in [-0.05, 0) is 13.0 Å². The van der Waals surface area contributed by atoms with Crippen LogP contribution in [-0.4, -0.2) is 45.6 Å². The highest BCUT2D eigenvalue weighted by Crippen LogP contribution is 2.34. The fraction of sp³-hybridized carbons (Fsp3) is 0.438. The summed E-state index contributed by atoms with van der Waals surface area (Å²) in [5.74, 6) is 1.71. The van der Waals surface area contributed by atoms with Crippen molar-refractivity contribution in [3.63, 3.8) is 0 Å². The van der Waals surface area contributed by atoms with Crippen LogP contribution in [0.2, 0.25) is 0 Å². The predicted molar refractivity (Wildman–Crippen MR) is 91.3 cm³/mol. The van der Waals surface area contributed by atoms with E-state index in [1.165, 1.54) is 10.9 Å². The molecule has 0 aromatic carbocycles. The van der Waals surface area contributed by atoms with E-state index < -0.39 is 29.8 Å². The number of hydrogen-bond donors (Lipinski definition) is 3. The van der Waals surface area contributed by atoms with Gasteiger partial charge < -0.3 is 16.0 Å². The van der Waals surface area contributed by atoms with Gasteiger partial charge in [0.2, 0.25) is 5.95 Å². The number of aromatic nitrogens is 4. The molecule has 1 fully saturated rings. The van der Waals surface area contributed by atoms with Crippen LogP contribution in [0.15, 0.2) is 18.6 Å². The smallest absolute Gasteiger partial charge is 0.358 e. The van der Waals surface area contributed by atoms with Crippen molar-refractivity contribution < 1.29 is 17.6 Å². The molecule has 2 atom stereocenters. The summed E-state index contributed by atoms with van der Waals surface area (Å²) in [4.78, 5) is 7.53. The van der Waals surface area contributed by atoms with Gasteiger partial charge in [-0.25, -0.2) is 9.37 Å². The first-order valence-electron chi connectivity index (χ1n) is 8.16. The fourth-order valence-corrected chi connectivity index (χ4v) is 2.74. The third-order valence-corrected chi connectivity index (χ3v) is 4.02. The highest BCUT2D eigenvalue weighted by Gasteiger charge is 2.35. The topological polar surface area (TPSA) is 79.7 Å². The Morgan fingerprint density at radius 2 is 2.19 bits per heavy atom. The zero-order chi connectivity index (χ0) is 19.4. The molecule has 0 aliphatic carbocycles. The SMILES string of the molecule is C#CCNc1nc(Nc2cnn([C@@H]3CCNC[C@H]3F)c2)ncc1C(F)(F)F. The van der Waals surface area contributed by atoms with Crippen molar-refractivity contribution in [2.75, 3.05) is 30.3 Å². The van der Waals surface area contributed by atoms with Gasteiger partial charge >= 0.3 is 6.18 Å². The maximum Gasteiger partial charge on any atom is 0.421 e. The Hall–Kier alpha value is -2.87. The lowest BCUT2D eigenvalue weighted by Crippen LogP contribution is -2.39. The van der Waals surface area contributed by atoms with E-state index in [1.807, 2.05) is 0 Å². The van der Waals surface area contributed by atoms with Crippen LogP contribution in [0.1, 0.15) is 18.0 Å². The van der Waals surface area contributed by atoms with Crippen molar-refractivity contribution in [2.24, 2.45) is 0 Å². The molecule has 0 spiro atoms. The van der Waals surface area contributed by atoms with Crippen LogP contribution in [0.4, 0.5) is 35.0 Å². The quantitative estimate of drug-likeness (QED) is 0.543. The monoisotopic (exact) mass is 383 g/mol. The number of anilines is 3. The lowest BCUT2D eigenvalue weighted by Gasteiger charge is -2.26. The van der Waals surface area contributed by atoms with Crippen molar-refractivity contribution in [1.82, 2.24) is 25.1 Å². The first kappa shape index (κ1) is 18.9. The van der Waals surface area contributed by atoms with Gasteiger partial charge in [0, 0.05) is 18.9 Å². The van der Waals surface area contributed by atoms with Crippen LogP contribution in [-0.2, 0) is 6.18 Å². The molecule has 11 heteroatoms. The molecule has 0 saturated carbocycles. The van der Waals surface area contributed by atoms with Crippen molar-refractivity contribution in [2.45, 2.75) is 24.8 Å². The molecule has 3 N–H and O–H groups in total. The largest absolute Gasteiger partial charge is 0.421 e. The molecule has 1 aliphatic heterocycles. The van der Waals surface area contributed by atoms with Gasteiger partial charge in [-0.3, -0.25) is 4.68 Å². The maximum atomic E-state index is 14.0. The number of nitrogens with one attached hydrogen (secondary N) is 3. The Kier molecular flexibility index (Phi) is 5.46. The summed E-state index contributed by atoms with van der Waals surface area (Å²) < 4.78 is 54.6. The molecule has 2 aromatic heterocycles. The van der Waals surface area contributed by atoms with E-state index >= 15 is 0 Å². The minimum Gasteiger partial charge on any atom is -0.358 e. The number of rotatable bonds is 5. The van der Waals surface area contributed by atoms with Gasteiger partial charge in [0.25, 0.3) is 0 Å². The highest BCUT2D eigenvalue weighted by atomic mass is 19.4. The molecule has 0 amide bonds. The molecule has 0 radical (unpaired) electrons. The van der Waals surface area contributed by atoms with Gasteiger partial charge in [0.15, 0.2) is 0 Å². The first-order valence-corrected chi connectivity index (χ1v) is 8.16. The van der Waals surface area contributed by atoms with E-state index in [9.17, 15) is 17.6 Å². The first-order chi connectivity index (χ1) is 12.9. The van der Waals surface area contributed by atoms with Gasteiger partial charge in [0.1, 0.15) is 17.6 Å². The molecular weight excluding hydrogens is 366 g/mol. The zero-order valence-corrected chi connectivity index (χ0v) is 14.1. The standard InChI is InChI=1S/C16H17F4N7/c1-2-4-22-14-11(16(18,19)20)7-23-15(26-14)25-10-6-24-27(9-10)13-3-5-21-8-12(13)17/h1,6-7,9,12-13,21H,3-5,8H2,(H2,22,23,25,26)/t12-,13-/m1/s1. The Morgan fingerprint density at radius 3 is 2.89 bits per heavy atom. The van der Waals surface area contributed by atoms with E-state index in [1.54, 1.807) is 6.20 Å². The van der Waals surface area contributed by atoms with E-state index in [4.69, 9.17) is 6.42 Å². The lowest BCUT2D eigenvalue weighted by molar-refractivity contribution is -0.137. The summed E-state index contributed by atoms with van der Waals surface area (Å²) in [5.41, 5.74) is -0.586. The molecule has 27 heavy (non-hydrogen) atoms. The molecule has 3 rings (SSSR count). The van der Waals surface area contributed by atoms with E-state index in [0.717, 1.165) is 0 Å². The molecule has 0 bridgehead atoms. The molecule has 2 aromatic rings.